The van der Waals surface area contributed by atoms with Gasteiger partial charge in [0, 0.05) is 12.6 Å². The van der Waals surface area contributed by atoms with E-state index < -0.39 is 23.7 Å². The largest absolute Gasteiger partial charge is 0.309 e. The van der Waals surface area contributed by atoms with Gasteiger partial charge >= 0.3 is 0 Å². The van der Waals surface area contributed by atoms with Gasteiger partial charge in [-0.2, -0.15) is 5.10 Å². The average Bonchev–Trinajstić information content (AvgIpc) is 3.37. The molecule has 1 aliphatic rings. The summed E-state index contributed by atoms with van der Waals surface area (Å²) >= 11 is 0. The quantitative estimate of drug-likeness (QED) is 0.267. The van der Waals surface area contributed by atoms with Gasteiger partial charge in [-0.15, -0.1) is 0 Å². The minimum Gasteiger partial charge on any atom is -0.309 e. The van der Waals surface area contributed by atoms with Crippen LogP contribution in [0.2, 0.25) is 0 Å². The average molecular weight is 484 g/mol. The number of amides is 3. The molecule has 0 unspecified atom stereocenters. The van der Waals surface area contributed by atoms with Crippen molar-refractivity contribution in [3.63, 3.8) is 0 Å². The molecule has 10 heteroatoms. The van der Waals surface area contributed by atoms with Crippen molar-refractivity contribution in [2.24, 2.45) is 11.0 Å². The van der Waals surface area contributed by atoms with E-state index in [-0.39, 0.29) is 31.3 Å². The van der Waals surface area contributed by atoms with E-state index in [0.717, 1.165) is 41.1 Å². The molecule has 1 aromatic carbocycles. The molecule has 35 heavy (non-hydrogen) atoms. The molecule has 2 atom stereocenters. The molecule has 3 amide bonds. The number of hydroxylamine groups is 2. The van der Waals surface area contributed by atoms with E-state index in [4.69, 9.17) is 4.84 Å². The molecule has 2 aromatic rings. The van der Waals surface area contributed by atoms with Crippen LogP contribution < -0.4 is 5.32 Å². The first kappa shape index (κ1) is 26.0. The predicted octanol–water partition coefficient (Wildman–Crippen LogP) is 3.53. The molecule has 9 nitrogen and oxygen atoms in total. The van der Waals surface area contributed by atoms with E-state index in [1.807, 2.05) is 30.3 Å². The van der Waals surface area contributed by atoms with Gasteiger partial charge in [-0.3, -0.25) is 19.2 Å². The monoisotopic (exact) mass is 483 g/mol. The summed E-state index contributed by atoms with van der Waals surface area (Å²) in [5, 5.41) is 9.02. The normalized spacial score (nSPS) is 15.6. The lowest BCUT2D eigenvalue weighted by Gasteiger charge is -2.28. The highest BCUT2D eigenvalue weighted by Crippen LogP contribution is 2.22. The Morgan fingerprint density at radius 1 is 1.26 bits per heavy atom. The lowest BCUT2D eigenvalue weighted by Crippen LogP contribution is -2.46. The fraction of sp³-hybridized carbons (Fsp3) is 0.400. The molecule has 0 saturated carbocycles. The lowest BCUT2D eigenvalue weighted by atomic mass is 9.99. The Labute approximate surface area is 203 Å². The second-order valence-corrected chi connectivity index (χ2v) is 8.24. The summed E-state index contributed by atoms with van der Waals surface area (Å²) in [5.74, 6) is -1.78. The van der Waals surface area contributed by atoms with E-state index >= 15 is 0 Å². The van der Waals surface area contributed by atoms with E-state index in [2.05, 4.69) is 22.3 Å². The second-order valence-electron chi connectivity index (χ2n) is 8.24. The third-order valence-electron chi connectivity index (χ3n) is 5.60. The number of carbonyl (C=O) groups is 3. The molecule has 0 saturated heterocycles. The molecule has 0 aliphatic carbocycles. The number of halogens is 1. The van der Waals surface area contributed by atoms with Crippen LogP contribution in [0.3, 0.4) is 0 Å². The van der Waals surface area contributed by atoms with E-state index in [0.29, 0.717) is 12.8 Å². The van der Waals surface area contributed by atoms with Gasteiger partial charge in [-0.1, -0.05) is 56.5 Å². The molecule has 1 aromatic heterocycles. The number of anilines is 1. The summed E-state index contributed by atoms with van der Waals surface area (Å²) in [6.07, 6.45) is 6.50. The number of rotatable bonds is 13. The van der Waals surface area contributed by atoms with Gasteiger partial charge in [0.05, 0.1) is 18.7 Å². The summed E-state index contributed by atoms with van der Waals surface area (Å²) < 4.78 is 13.1. The van der Waals surface area contributed by atoms with Crippen LogP contribution in [0, 0.1) is 11.7 Å². The number of hydrazone groups is 1. The topological polar surface area (TPSA) is 104 Å². The molecule has 3 rings (SSSR count). The first-order chi connectivity index (χ1) is 17.0. The zero-order valence-electron chi connectivity index (χ0n) is 19.7. The first-order valence-electron chi connectivity index (χ1n) is 11.7. The van der Waals surface area contributed by atoms with Crippen molar-refractivity contribution in [2.45, 2.75) is 51.7 Å². The van der Waals surface area contributed by atoms with Gasteiger partial charge in [0.1, 0.15) is 24.3 Å². The SMILES string of the molecule is CCCCC[C@H](CN(C=O)OCc1ccccc1)C(=O)N1N=CC[C@H]1C(=O)Nc1ccc(F)cn1. The molecule has 0 fully saturated rings. The zero-order valence-corrected chi connectivity index (χ0v) is 19.7. The van der Waals surface area contributed by atoms with Crippen LogP contribution in [0.15, 0.2) is 53.8 Å². The van der Waals surface area contributed by atoms with Crippen LogP contribution in [0.25, 0.3) is 0 Å². The minimum absolute atomic E-state index is 0.0404. The highest BCUT2D eigenvalue weighted by atomic mass is 19.1. The Kier molecular flexibility index (Phi) is 9.85. The van der Waals surface area contributed by atoms with Crippen molar-refractivity contribution in [1.82, 2.24) is 15.1 Å². The number of unbranched alkanes of at least 4 members (excludes halogenated alkanes) is 2. The smallest absolute Gasteiger partial charge is 0.250 e. The lowest BCUT2D eigenvalue weighted by molar-refractivity contribution is -0.183. The van der Waals surface area contributed by atoms with E-state index in [1.165, 1.54) is 18.3 Å². The summed E-state index contributed by atoms with van der Waals surface area (Å²) in [4.78, 5) is 47.4. The predicted molar refractivity (Wildman–Crippen MR) is 128 cm³/mol. The third-order valence-corrected chi connectivity index (χ3v) is 5.60. The maximum Gasteiger partial charge on any atom is 0.250 e. The van der Waals surface area contributed by atoms with Crippen molar-refractivity contribution in [1.29, 1.82) is 0 Å². The molecular formula is C25H30FN5O4. The third kappa shape index (κ3) is 7.68. The fourth-order valence-electron chi connectivity index (χ4n) is 3.70. The number of aromatic nitrogens is 1. The first-order valence-corrected chi connectivity index (χ1v) is 11.7. The fourth-order valence-corrected chi connectivity index (χ4v) is 3.70. The molecule has 1 N–H and O–H groups in total. The van der Waals surface area contributed by atoms with Crippen LogP contribution >= 0.6 is 0 Å². The molecule has 2 heterocycles. The second kappa shape index (κ2) is 13.3. The van der Waals surface area contributed by atoms with Crippen molar-refractivity contribution in [3.05, 3.63) is 60.0 Å². The molecule has 186 valence electrons. The maximum absolute atomic E-state index is 13.4. The molecule has 0 spiro atoms. The Morgan fingerprint density at radius 2 is 2.06 bits per heavy atom. The zero-order chi connectivity index (χ0) is 25.0. The van der Waals surface area contributed by atoms with Gasteiger partial charge in [0.2, 0.25) is 12.3 Å². The standard InChI is InChI=1S/C25H30FN5O4/c1-2-3-5-10-20(16-30(18-32)35-17-19-8-6-4-7-9-19)25(34)31-22(13-14-28-31)24(33)29-23-12-11-21(26)15-27-23/h4,6-9,11-12,14-15,18,20,22H,2-3,5,10,13,16-17H2,1H3,(H,27,29,33)/t20-,22+/m1/s1. The highest BCUT2D eigenvalue weighted by molar-refractivity contribution is 5.99. The maximum atomic E-state index is 13.4. The minimum atomic E-state index is -0.863. The number of hydrogen-bond donors (Lipinski definition) is 1. The molecule has 0 radical (unpaired) electrons. The van der Waals surface area contributed by atoms with Crippen LogP contribution in [0.5, 0.6) is 0 Å². The van der Waals surface area contributed by atoms with Crippen LogP contribution in [-0.2, 0) is 25.8 Å². The van der Waals surface area contributed by atoms with Crippen LogP contribution in [0.4, 0.5) is 10.2 Å². The van der Waals surface area contributed by atoms with Gasteiger partial charge in [0.15, 0.2) is 0 Å². The number of hydrogen-bond acceptors (Lipinski definition) is 6. The van der Waals surface area contributed by atoms with E-state index in [1.54, 1.807) is 0 Å². The van der Waals surface area contributed by atoms with Crippen molar-refractivity contribution in [2.75, 3.05) is 11.9 Å². The summed E-state index contributed by atoms with van der Waals surface area (Å²) in [7, 11) is 0. The van der Waals surface area contributed by atoms with Crippen LogP contribution in [-0.4, -0.2) is 52.1 Å². The van der Waals surface area contributed by atoms with Gasteiger partial charge < -0.3 is 5.32 Å². The Hall–Kier alpha value is -3.66. The summed E-state index contributed by atoms with van der Waals surface area (Å²) in [5.41, 5.74) is 0.892. The summed E-state index contributed by atoms with van der Waals surface area (Å²) in [6.45, 7) is 2.29. The Morgan fingerprint density at radius 3 is 2.74 bits per heavy atom. The number of nitrogens with one attached hydrogen (secondary N) is 1. The van der Waals surface area contributed by atoms with Crippen molar-refractivity contribution < 1.29 is 23.6 Å². The number of benzene rings is 1. The Bertz CT molecular complexity index is 1000. The molecular weight excluding hydrogens is 453 g/mol. The van der Waals surface area contributed by atoms with E-state index in [9.17, 15) is 18.8 Å². The van der Waals surface area contributed by atoms with Gasteiger partial charge in [0.25, 0.3) is 5.91 Å². The van der Waals surface area contributed by atoms with Crippen LogP contribution in [0.1, 0.15) is 44.6 Å². The van der Waals surface area contributed by atoms with Gasteiger partial charge in [-0.05, 0) is 24.1 Å². The molecule has 1 aliphatic heterocycles. The highest BCUT2D eigenvalue weighted by Gasteiger charge is 2.37. The number of pyridine rings is 1. The van der Waals surface area contributed by atoms with Crippen molar-refractivity contribution >= 4 is 30.3 Å². The number of carbonyl (C=O) groups excluding carboxylic acids is 3. The van der Waals surface area contributed by atoms with Crippen molar-refractivity contribution in [3.8, 4) is 0 Å². The van der Waals surface area contributed by atoms with Gasteiger partial charge in [-0.25, -0.2) is 19.4 Å². The Balaban J connectivity index is 1.66. The summed E-state index contributed by atoms with van der Waals surface area (Å²) in [6, 6.07) is 11.1. The molecule has 0 bridgehead atoms. The number of nitrogens with zero attached hydrogens (tertiary/aromatic N) is 4.